The van der Waals surface area contributed by atoms with E-state index < -0.39 is 0 Å². The Morgan fingerprint density at radius 3 is 2.83 bits per heavy atom. The van der Waals surface area contributed by atoms with Gasteiger partial charge < -0.3 is 4.98 Å². The van der Waals surface area contributed by atoms with Crippen molar-refractivity contribution in [3.05, 3.63) is 67.5 Å². The van der Waals surface area contributed by atoms with E-state index in [0.29, 0.717) is 11.3 Å². The second-order valence-electron chi connectivity index (χ2n) is 6.07. The summed E-state index contributed by atoms with van der Waals surface area (Å²) >= 11 is 7.12. The van der Waals surface area contributed by atoms with Crippen molar-refractivity contribution in [3.8, 4) is 0 Å². The minimum atomic E-state index is 0.0471. The van der Waals surface area contributed by atoms with Crippen LogP contribution in [0.25, 0.3) is 16.3 Å². The maximum Gasteiger partial charge on any atom is 0.263 e. The molecule has 4 rings (SSSR count). The highest BCUT2D eigenvalue weighted by Gasteiger charge is 2.19. The van der Waals surface area contributed by atoms with E-state index in [1.54, 1.807) is 15.9 Å². The van der Waals surface area contributed by atoms with Gasteiger partial charge in [0.15, 0.2) is 4.77 Å². The Morgan fingerprint density at radius 1 is 1.21 bits per heavy atom. The van der Waals surface area contributed by atoms with E-state index in [-0.39, 0.29) is 5.56 Å². The van der Waals surface area contributed by atoms with Crippen LogP contribution in [0.4, 0.5) is 0 Å². The Labute approximate surface area is 149 Å². The van der Waals surface area contributed by atoms with E-state index in [1.807, 2.05) is 42.5 Å². The third-order valence-electron chi connectivity index (χ3n) is 4.49. The quantitative estimate of drug-likeness (QED) is 0.692. The van der Waals surface area contributed by atoms with E-state index in [1.165, 1.54) is 23.3 Å². The van der Waals surface area contributed by atoms with Crippen molar-refractivity contribution in [3.63, 3.8) is 0 Å². The zero-order valence-corrected chi connectivity index (χ0v) is 14.9. The second kappa shape index (κ2) is 6.49. The van der Waals surface area contributed by atoms with Crippen molar-refractivity contribution in [1.82, 2.24) is 9.55 Å². The lowest BCUT2D eigenvalue weighted by Gasteiger charge is -2.10. The minimum Gasteiger partial charge on any atom is -0.323 e. The number of nitrogens with zero attached hydrogens (tertiary/aromatic N) is 1. The van der Waals surface area contributed by atoms with Gasteiger partial charge in [0.2, 0.25) is 0 Å². The first kappa shape index (κ1) is 15.5. The van der Waals surface area contributed by atoms with E-state index >= 15 is 0 Å². The lowest BCUT2D eigenvalue weighted by Crippen LogP contribution is -2.22. The first-order valence-electron chi connectivity index (χ1n) is 8.23. The van der Waals surface area contributed by atoms with Crippen molar-refractivity contribution >= 4 is 39.8 Å². The molecule has 0 saturated carbocycles. The molecular weight excluding hydrogens is 336 g/mol. The fourth-order valence-corrected chi connectivity index (χ4v) is 4.90. The molecular formula is C19H18N2OS2. The summed E-state index contributed by atoms with van der Waals surface area (Å²) in [5.41, 5.74) is 2.42. The molecule has 2 aromatic heterocycles. The Hall–Kier alpha value is -1.98. The monoisotopic (exact) mass is 354 g/mol. The van der Waals surface area contributed by atoms with Gasteiger partial charge in [-0.25, -0.2) is 0 Å². The summed E-state index contributed by atoms with van der Waals surface area (Å²) in [5.74, 6) is 0. The molecule has 0 bridgehead atoms. The fourth-order valence-electron chi connectivity index (χ4n) is 3.30. The van der Waals surface area contributed by atoms with Crippen LogP contribution in [0.5, 0.6) is 0 Å². The maximum atomic E-state index is 13.0. The zero-order chi connectivity index (χ0) is 16.5. The van der Waals surface area contributed by atoms with Crippen molar-refractivity contribution in [2.45, 2.75) is 32.2 Å². The number of thiophene rings is 1. The third-order valence-corrected chi connectivity index (χ3v) is 6.02. The summed E-state index contributed by atoms with van der Waals surface area (Å²) in [6, 6.07) is 10.1. The van der Waals surface area contributed by atoms with Gasteiger partial charge in [-0.15, -0.1) is 11.3 Å². The molecule has 0 radical (unpaired) electrons. The molecule has 122 valence electrons. The second-order valence-corrected chi connectivity index (χ2v) is 7.57. The highest BCUT2D eigenvalue weighted by atomic mass is 32.1. The van der Waals surface area contributed by atoms with Gasteiger partial charge in [-0.05, 0) is 49.0 Å². The van der Waals surface area contributed by atoms with Crippen LogP contribution < -0.4 is 5.56 Å². The normalized spacial score (nSPS) is 14.3. The average Bonchev–Trinajstić information content (AvgIpc) is 2.97. The molecule has 0 amide bonds. The predicted octanol–water partition coefficient (Wildman–Crippen LogP) is 4.71. The molecule has 0 unspecified atom stereocenters. The molecule has 5 heteroatoms. The molecule has 2 heterocycles. The summed E-state index contributed by atoms with van der Waals surface area (Å²) in [5, 5.41) is 0.858. The van der Waals surface area contributed by atoms with E-state index in [4.69, 9.17) is 12.2 Å². The molecule has 24 heavy (non-hydrogen) atoms. The highest BCUT2D eigenvalue weighted by Crippen LogP contribution is 2.33. The smallest absolute Gasteiger partial charge is 0.263 e. The lowest BCUT2D eigenvalue weighted by molar-refractivity contribution is 0.697. The van der Waals surface area contributed by atoms with E-state index in [2.05, 4.69) is 4.98 Å². The van der Waals surface area contributed by atoms with Crippen LogP contribution in [0, 0.1) is 4.77 Å². The number of nitrogens with one attached hydrogen (secondary N) is 1. The minimum absolute atomic E-state index is 0.0471. The molecule has 3 nitrogen and oxygen atoms in total. The molecule has 1 aliphatic rings. The number of fused-ring (bicyclic) bond motifs is 3. The molecule has 0 saturated heterocycles. The van der Waals surface area contributed by atoms with Crippen molar-refractivity contribution in [2.24, 2.45) is 0 Å². The number of rotatable bonds is 3. The van der Waals surface area contributed by atoms with Crippen LogP contribution in [0.3, 0.4) is 0 Å². The summed E-state index contributed by atoms with van der Waals surface area (Å²) < 4.78 is 2.17. The Kier molecular flexibility index (Phi) is 4.21. The third kappa shape index (κ3) is 2.78. The molecule has 1 aromatic carbocycles. The van der Waals surface area contributed by atoms with Crippen molar-refractivity contribution in [2.75, 3.05) is 0 Å². The fraction of sp³-hybridized carbons (Fsp3) is 0.263. The van der Waals surface area contributed by atoms with Gasteiger partial charge >= 0.3 is 0 Å². The first-order chi connectivity index (χ1) is 11.7. The van der Waals surface area contributed by atoms with Crippen LogP contribution in [-0.4, -0.2) is 9.55 Å². The summed E-state index contributed by atoms with van der Waals surface area (Å²) in [6.45, 7) is 0.490. The molecule has 0 spiro atoms. The zero-order valence-electron chi connectivity index (χ0n) is 13.2. The Morgan fingerprint density at radius 2 is 2.00 bits per heavy atom. The van der Waals surface area contributed by atoms with Gasteiger partial charge in [0, 0.05) is 11.4 Å². The molecule has 3 aromatic rings. The van der Waals surface area contributed by atoms with Crippen LogP contribution in [0.1, 0.15) is 28.8 Å². The highest BCUT2D eigenvalue weighted by molar-refractivity contribution is 7.71. The van der Waals surface area contributed by atoms with Gasteiger partial charge in [-0.1, -0.05) is 42.5 Å². The number of benzene rings is 1. The van der Waals surface area contributed by atoms with Gasteiger partial charge in [0.25, 0.3) is 5.56 Å². The predicted molar refractivity (Wildman–Crippen MR) is 103 cm³/mol. The number of aromatic nitrogens is 2. The number of H-pyrrole nitrogens is 1. The van der Waals surface area contributed by atoms with E-state index in [0.717, 1.165) is 28.6 Å². The Bertz CT molecular complexity index is 1030. The molecule has 0 aliphatic heterocycles. The van der Waals surface area contributed by atoms with Crippen molar-refractivity contribution in [1.29, 1.82) is 0 Å². The van der Waals surface area contributed by atoms with Crippen LogP contribution in [0.15, 0.2) is 41.2 Å². The number of allylic oxidation sites excluding steroid dienone is 1. The van der Waals surface area contributed by atoms with Gasteiger partial charge in [0.1, 0.15) is 4.83 Å². The van der Waals surface area contributed by atoms with Crippen LogP contribution >= 0.6 is 23.6 Å². The maximum absolute atomic E-state index is 13.0. The molecule has 0 atom stereocenters. The first-order valence-corrected chi connectivity index (χ1v) is 9.45. The lowest BCUT2D eigenvalue weighted by atomic mass is 9.97. The average molecular weight is 355 g/mol. The SMILES string of the molecule is O=c1c2c3c(sc2[nH]c(=S)n1C/C=C/c1ccccc1)CCCC3. The number of hydrogen-bond acceptors (Lipinski definition) is 3. The van der Waals surface area contributed by atoms with Crippen molar-refractivity contribution < 1.29 is 0 Å². The number of aromatic amines is 1. The van der Waals surface area contributed by atoms with Crippen LogP contribution in [0.2, 0.25) is 0 Å². The largest absolute Gasteiger partial charge is 0.323 e. The van der Waals surface area contributed by atoms with Gasteiger partial charge in [-0.2, -0.15) is 0 Å². The van der Waals surface area contributed by atoms with E-state index in [9.17, 15) is 4.79 Å². The Balaban J connectivity index is 1.74. The molecule has 1 N–H and O–H groups in total. The van der Waals surface area contributed by atoms with Gasteiger partial charge in [-0.3, -0.25) is 9.36 Å². The standard InChI is InChI=1S/C19H18N2OS2/c22-18-16-14-10-4-5-11-15(14)24-17(16)20-19(23)21(18)12-6-9-13-7-2-1-3-8-13/h1-3,6-9H,4-5,10-12H2,(H,20,23)/b9-6+. The molecule has 0 fully saturated rings. The number of hydrogen-bond donors (Lipinski definition) is 1. The number of aryl methyl sites for hydroxylation is 2. The summed E-state index contributed by atoms with van der Waals surface area (Å²) in [6.07, 6.45) is 8.49. The van der Waals surface area contributed by atoms with Crippen LogP contribution in [-0.2, 0) is 19.4 Å². The summed E-state index contributed by atoms with van der Waals surface area (Å²) in [7, 11) is 0. The molecule has 1 aliphatic carbocycles. The van der Waals surface area contributed by atoms with Gasteiger partial charge in [0.05, 0.1) is 5.39 Å². The topological polar surface area (TPSA) is 37.8 Å². The summed E-state index contributed by atoms with van der Waals surface area (Å²) in [4.78, 5) is 18.5.